The fourth-order valence-electron chi connectivity index (χ4n) is 3.55. The third kappa shape index (κ3) is 3.38. The number of nitrogens with zero attached hydrogens (tertiary/aromatic N) is 3. The molecule has 4 N–H and O–H groups in total. The zero-order chi connectivity index (χ0) is 21.5. The Morgan fingerprint density at radius 1 is 0.967 bits per heavy atom. The number of hydrogen-bond acceptors (Lipinski definition) is 1. The molecule has 0 aliphatic heterocycles. The molecule has 30 heavy (non-hydrogen) atoms. The van der Waals surface area contributed by atoms with Crippen LogP contribution in [0.1, 0.15) is 16.7 Å². The predicted molar refractivity (Wildman–Crippen MR) is 105 cm³/mol. The zero-order valence-electron chi connectivity index (χ0n) is 15.5. The monoisotopic (exact) mass is 414 g/mol. The van der Waals surface area contributed by atoms with Gasteiger partial charge in [0.15, 0.2) is 0 Å². The van der Waals surface area contributed by atoms with E-state index in [0.29, 0.717) is 11.1 Å². The van der Waals surface area contributed by atoms with E-state index in [1.54, 1.807) is 22.8 Å². The van der Waals surface area contributed by atoms with E-state index in [9.17, 15) is 17.6 Å². The highest BCUT2D eigenvalue weighted by atomic mass is 19.4. The molecule has 0 unspecified atom stereocenters. The van der Waals surface area contributed by atoms with Crippen LogP contribution in [0.15, 0.2) is 71.0 Å². The maximum atomic E-state index is 14.4. The van der Waals surface area contributed by atoms with Crippen LogP contribution >= 0.6 is 0 Å². The Hall–Kier alpha value is -3.75. The number of aromatic nitrogens is 1. The lowest BCUT2D eigenvalue weighted by Crippen LogP contribution is -2.38. The molecule has 0 fully saturated rings. The van der Waals surface area contributed by atoms with Gasteiger partial charge < -0.3 is 4.57 Å². The number of para-hydroxylation sites is 1. The quantitative estimate of drug-likeness (QED) is 0.131. The molecule has 1 heterocycles. The molecule has 3 aromatic carbocycles. The van der Waals surface area contributed by atoms with Crippen LogP contribution in [0.25, 0.3) is 21.8 Å². The van der Waals surface area contributed by atoms with Crippen molar-refractivity contribution in [3.63, 3.8) is 0 Å². The third-order valence-corrected chi connectivity index (χ3v) is 4.94. The molecule has 0 bridgehead atoms. The lowest BCUT2D eigenvalue weighted by molar-refractivity contribution is -0.137. The molecule has 0 radical (unpaired) electrons. The molecule has 0 saturated heterocycles. The van der Waals surface area contributed by atoms with Gasteiger partial charge in [0.2, 0.25) is 0 Å². The summed E-state index contributed by atoms with van der Waals surface area (Å²) in [6, 6.07) is 15.0. The molecule has 4 aromatic rings. The Kier molecular flexibility index (Phi) is 4.73. The molecule has 0 saturated carbocycles. The number of halogens is 4. The minimum absolute atomic E-state index is 0.0560. The maximum Gasteiger partial charge on any atom is 0.416 e. The molecular formula is C21H16F4N5+. The Labute approximate surface area is 167 Å². The number of nitrogens with two attached hydrogens (primary N) is 2. The van der Waals surface area contributed by atoms with Crippen LogP contribution < -0.4 is 11.3 Å². The topological polar surface area (TPSA) is 81.3 Å². The number of rotatable bonds is 3. The number of alkyl halides is 3. The van der Waals surface area contributed by atoms with Crippen molar-refractivity contribution < 1.29 is 23.0 Å². The first-order valence-electron chi connectivity index (χ1n) is 8.90. The highest BCUT2D eigenvalue weighted by Gasteiger charge is 2.31. The minimum Gasteiger partial charge on any atom is -0.336 e. The normalized spacial score (nSPS) is 12.3. The molecule has 152 valence electrons. The van der Waals surface area contributed by atoms with Crippen molar-refractivity contribution >= 4 is 27.6 Å². The fourth-order valence-corrected chi connectivity index (χ4v) is 3.55. The van der Waals surface area contributed by atoms with Crippen molar-refractivity contribution in [2.75, 3.05) is 0 Å². The van der Waals surface area contributed by atoms with Crippen LogP contribution in [0, 0.1) is 5.82 Å². The summed E-state index contributed by atoms with van der Waals surface area (Å²) in [5, 5.41) is 14.3. The van der Waals surface area contributed by atoms with Crippen LogP contribution in [-0.2, 0) is 12.7 Å². The first-order chi connectivity index (χ1) is 14.3. The number of benzene rings is 3. The SMILES string of the molecule is NN=NC(=[NH2+])c1ccc2c(c1)c1ccccc1n2Cc1cc(C(F)(F)F)ccc1F. The average Bonchev–Trinajstić information content (AvgIpc) is 3.02. The average molecular weight is 414 g/mol. The lowest BCUT2D eigenvalue weighted by Gasteiger charge is -2.12. The Balaban J connectivity index is 1.90. The van der Waals surface area contributed by atoms with Gasteiger partial charge in [-0.25, -0.2) is 4.39 Å². The van der Waals surface area contributed by atoms with E-state index >= 15 is 0 Å². The van der Waals surface area contributed by atoms with E-state index in [0.717, 1.165) is 34.5 Å². The summed E-state index contributed by atoms with van der Waals surface area (Å²) in [4.78, 5) is 0. The molecule has 4 rings (SSSR count). The van der Waals surface area contributed by atoms with Crippen molar-refractivity contribution in [1.29, 1.82) is 0 Å². The van der Waals surface area contributed by atoms with Gasteiger partial charge in [0.05, 0.1) is 22.8 Å². The maximum absolute atomic E-state index is 14.4. The number of amidine groups is 1. The standard InChI is InChI=1S/C21H15F4N5/c22-17-7-6-14(21(23,24)25)9-13(17)11-30-18-4-2-1-3-15(18)16-10-12(5-8-19(16)30)20(26)28-29-27/h1-10H,11H2,(H3,26,27,28)/p+1. The summed E-state index contributed by atoms with van der Waals surface area (Å²) < 4.78 is 55.4. The summed E-state index contributed by atoms with van der Waals surface area (Å²) in [6.45, 7) is -0.0686. The van der Waals surface area contributed by atoms with Crippen molar-refractivity contribution in [2.45, 2.75) is 12.7 Å². The summed E-state index contributed by atoms with van der Waals surface area (Å²) >= 11 is 0. The molecule has 1 aromatic heterocycles. The van der Waals surface area contributed by atoms with E-state index < -0.39 is 17.6 Å². The van der Waals surface area contributed by atoms with E-state index in [1.165, 1.54) is 0 Å². The Morgan fingerprint density at radius 2 is 1.70 bits per heavy atom. The molecule has 0 spiro atoms. The summed E-state index contributed by atoms with van der Waals surface area (Å²) in [7, 11) is 0. The van der Waals surface area contributed by atoms with E-state index in [1.807, 2.05) is 24.3 Å². The van der Waals surface area contributed by atoms with Crippen LogP contribution in [0.4, 0.5) is 17.6 Å². The van der Waals surface area contributed by atoms with Crippen molar-refractivity contribution in [1.82, 2.24) is 4.57 Å². The van der Waals surface area contributed by atoms with Crippen LogP contribution in [-0.4, -0.2) is 10.4 Å². The zero-order valence-corrected chi connectivity index (χ0v) is 15.5. The molecule has 0 amide bonds. The van der Waals surface area contributed by atoms with E-state index in [-0.39, 0.29) is 17.9 Å². The van der Waals surface area contributed by atoms with Gasteiger partial charge in [0.25, 0.3) is 0 Å². The highest BCUT2D eigenvalue weighted by Crippen LogP contribution is 2.33. The second-order valence-electron chi connectivity index (χ2n) is 6.74. The van der Waals surface area contributed by atoms with E-state index in [2.05, 4.69) is 10.3 Å². The van der Waals surface area contributed by atoms with Crippen LogP contribution in [0.2, 0.25) is 0 Å². The van der Waals surface area contributed by atoms with E-state index in [4.69, 9.17) is 11.3 Å². The molecule has 0 aliphatic rings. The van der Waals surface area contributed by atoms with Gasteiger partial charge in [-0.2, -0.15) is 13.2 Å². The first-order valence-corrected chi connectivity index (χ1v) is 8.90. The predicted octanol–water partition coefficient (Wildman–Crippen LogP) is 3.83. The number of fused-ring (bicyclic) bond motifs is 3. The minimum atomic E-state index is -4.55. The molecular weight excluding hydrogens is 398 g/mol. The largest absolute Gasteiger partial charge is 0.416 e. The van der Waals surface area contributed by atoms with Crippen molar-refractivity contribution in [3.05, 3.63) is 83.2 Å². The molecule has 9 heteroatoms. The summed E-state index contributed by atoms with van der Waals surface area (Å²) in [5.74, 6) is 4.48. The van der Waals surface area contributed by atoms with Crippen LogP contribution in [0.5, 0.6) is 0 Å². The van der Waals surface area contributed by atoms with Gasteiger partial charge in [-0.05, 0) is 42.5 Å². The number of hydrogen-bond donors (Lipinski definition) is 2. The van der Waals surface area contributed by atoms with Gasteiger partial charge in [-0.15, -0.1) is 0 Å². The summed E-state index contributed by atoms with van der Waals surface area (Å²) in [6.07, 6.45) is -4.55. The van der Waals surface area contributed by atoms with Gasteiger partial charge >= 0.3 is 12.0 Å². The third-order valence-electron chi connectivity index (χ3n) is 4.94. The van der Waals surface area contributed by atoms with Gasteiger partial charge in [0.1, 0.15) is 5.82 Å². The molecule has 0 aliphatic carbocycles. The second kappa shape index (κ2) is 7.25. The summed E-state index contributed by atoms with van der Waals surface area (Å²) in [5.41, 5.74) is 1.11. The van der Waals surface area contributed by atoms with Crippen molar-refractivity contribution in [3.8, 4) is 0 Å². The highest BCUT2D eigenvalue weighted by molar-refractivity contribution is 6.10. The van der Waals surface area contributed by atoms with Gasteiger partial charge in [-0.1, -0.05) is 18.2 Å². The second-order valence-corrected chi connectivity index (χ2v) is 6.74. The smallest absolute Gasteiger partial charge is 0.336 e. The first kappa shape index (κ1) is 19.6. The van der Waals surface area contributed by atoms with Crippen LogP contribution in [0.3, 0.4) is 0 Å². The van der Waals surface area contributed by atoms with Crippen molar-refractivity contribution in [2.24, 2.45) is 16.2 Å². The van der Waals surface area contributed by atoms with Gasteiger partial charge in [0, 0.05) is 32.6 Å². The van der Waals surface area contributed by atoms with Gasteiger partial charge in [-0.3, -0.25) is 11.3 Å². The molecule has 5 nitrogen and oxygen atoms in total. The lowest BCUT2D eigenvalue weighted by atomic mass is 10.1. The Morgan fingerprint density at radius 3 is 2.43 bits per heavy atom. The fraction of sp³-hybridized carbons (Fsp3) is 0.0952. The Bertz CT molecular complexity index is 1300. The molecule has 0 atom stereocenters.